The molecule has 26 heavy (non-hydrogen) atoms. The van der Waals surface area contributed by atoms with Crippen molar-refractivity contribution in [2.45, 2.75) is 38.0 Å². The summed E-state index contributed by atoms with van der Waals surface area (Å²) in [6, 6.07) is 4.64. The van der Waals surface area contributed by atoms with Gasteiger partial charge in [-0.15, -0.1) is 0 Å². The molecule has 2 aromatic rings. The highest BCUT2D eigenvalue weighted by Gasteiger charge is 2.54. The summed E-state index contributed by atoms with van der Waals surface area (Å²) in [6.45, 7) is 4.91. The molecule has 3 N–H and O–H groups in total. The van der Waals surface area contributed by atoms with Gasteiger partial charge in [0.15, 0.2) is 0 Å². The second kappa shape index (κ2) is 5.82. The van der Waals surface area contributed by atoms with Crippen LogP contribution in [0.4, 0.5) is 11.4 Å². The first-order chi connectivity index (χ1) is 12.0. The Labute approximate surface area is 157 Å². The molecule has 9 heteroatoms. The normalized spacial score (nSPS) is 23.8. The third-order valence-corrected chi connectivity index (χ3v) is 5.36. The Bertz CT molecular complexity index is 967. The van der Waals surface area contributed by atoms with E-state index in [-0.39, 0.29) is 11.4 Å². The Kier molecular flexibility index (Phi) is 4.12. The molecule has 0 spiro atoms. The first-order valence-corrected chi connectivity index (χ1v) is 8.62. The standard InChI is InChI=1S/C17H18BrN3O5/c1-16(2)17(3,23)14(20-8-9(18)6-12(19)15(20)22)11-7-10(21(24)25)4-5-13(11)26-16/h4-8,14,23H,19H2,1-3H3. The van der Waals surface area contributed by atoms with E-state index in [4.69, 9.17) is 10.5 Å². The summed E-state index contributed by atoms with van der Waals surface area (Å²) in [5.74, 6) is 0.363. The Morgan fingerprint density at radius 2 is 2.00 bits per heavy atom. The molecule has 1 aromatic heterocycles. The number of non-ortho nitro benzene ring substituents is 1. The van der Waals surface area contributed by atoms with Crippen LogP contribution in [0.5, 0.6) is 5.75 Å². The van der Waals surface area contributed by atoms with Crippen molar-refractivity contribution in [2.24, 2.45) is 0 Å². The van der Waals surface area contributed by atoms with E-state index in [0.29, 0.717) is 15.8 Å². The number of halogens is 1. The number of nitrogen functional groups attached to an aromatic ring is 1. The lowest BCUT2D eigenvalue weighted by Gasteiger charge is -2.49. The minimum absolute atomic E-state index is 0.00791. The van der Waals surface area contributed by atoms with Gasteiger partial charge in [-0.2, -0.15) is 0 Å². The number of rotatable bonds is 2. The molecule has 0 radical (unpaired) electrons. The number of ether oxygens (including phenoxy) is 1. The monoisotopic (exact) mass is 423 g/mol. The number of anilines is 1. The fourth-order valence-electron chi connectivity index (χ4n) is 3.17. The quantitative estimate of drug-likeness (QED) is 0.565. The molecular weight excluding hydrogens is 406 g/mol. The number of nitro benzene ring substituents is 1. The number of nitro groups is 1. The van der Waals surface area contributed by atoms with Gasteiger partial charge in [-0.05, 0) is 48.8 Å². The number of nitrogens with zero attached hydrogens (tertiary/aromatic N) is 2. The molecule has 0 amide bonds. The summed E-state index contributed by atoms with van der Waals surface area (Å²) >= 11 is 3.30. The SMILES string of the molecule is CC1(C)Oc2ccc([N+](=O)[O-])cc2C(n2cc(Br)cc(N)c2=O)C1(C)O. The Hall–Kier alpha value is -2.39. The number of hydrogen-bond acceptors (Lipinski definition) is 6. The van der Waals surface area contributed by atoms with Crippen LogP contribution in [0.1, 0.15) is 32.4 Å². The molecule has 8 nitrogen and oxygen atoms in total. The highest BCUT2D eigenvalue weighted by atomic mass is 79.9. The van der Waals surface area contributed by atoms with Gasteiger partial charge in [0.05, 0.1) is 16.7 Å². The van der Waals surface area contributed by atoms with Crippen molar-refractivity contribution in [3.8, 4) is 5.75 Å². The van der Waals surface area contributed by atoms with Gasteiger partial charge in [0.1, 0.15) is 17.0 Å². The molecule has 0 saturated carbocycles. The smallest absolute Gasteiger partial charge is 0.274 e. The van der Waals surface area contributed by atoms with E-state index in [2.05, 4.69) is 15.9 Å². The van der Waals surface area contributed by atoms with Crippen molar-refractivity contribution in [3.05, 3.63) is 61.0 Å². The van der Waals surface area contributed by atoms with Gasteiger partial charge >= 0.3 is 0 Å². The zero-order chi connectivity index (χ0) is 19.4. The van der Waals surface area contributed by atoms with Crippen molar-refractivity contribution in [1.82, 2.24) is 4.57 Å². The van der Waals surface area contributed by atoms with E-state index in [1.807, 2.05) is 0 Å². The largest absolute Gasteiger partial charge is 0.484 e. The fourth-order valence-corrected chi connectivity index (χ4v) is 3.63. The Morgan fingerprint density at radius 3 is 2.62 bits per heavy atom. The molecule has 0 bridgehead atoms. The fraction of sp³-hybridized carbons (Fsp3) is 0.353. The molecule has 1 aromatic carbocycles. The molecule has 1 aliphatic rings. The van der Waals surface area contributed by atoms with Gasteiger partial charge in [-0.25, -0.2) is 0 Å². The van der Waals surface area contributed by atoms with Crippen LogP contribution in [0.3, 0.4) is 0 Å². The molecule has 3 rings (SSSR count). The van der Waals surface area contributed by atoms with Gasteiger partial charge in [0, 0.05) is 28.4 Å². The van der Waals surface area contributed by atoms with Crippen molar-refractivity contribution in [2.75, 3.05) is 5.73 Å². The minimum atomic E-state index is -1.56. The van der Waals surface area contributed by atoms with Crippen molar-refractivity contribution in [1.29, 1.82) is 0 Å². The Balaban J connectivity index is 2.37. The molecule has 0 fully saturated rings. The second-order valence-corrected chi connectivity index (χ2v) is 7.88. The van der Waals surface area contributed by atoms with Crippen molar-refractivity contribution in [3.63, 3.8) is 0 Å². The maximum absolute atomic E-state index is 12.7. The predicted molar refractivity (Wildman–Crippen MR) is 99.4 cm³/mol. The number of fused-ring (bicyclic) bond motifs is 1. The number of benzene rings is 1. The molecule has 1 aliphatic heterocycles. The lowest BCUT2D eigenvalue weighted by atomic mass is 9.75. The molecule has 0 saturated heterocycles. The van der Waals surface area contributed by atoms with Gasteiger partial charge in [-0.3, -0.25) is 14.9 Å². The summed E-state index contributed by atoms with van der Waals surface area (Å²) in [7, 11) is 0. The summed E-state index contributed by atoms with van der Waals surface area (Å²) in [5.41, 5.74) is 2.82. The van der Waals surface area contributed by atoms with Crippen molar-refractivity contribution < 1.29 is 14.8 Å². The van der Waals surface area contributed by atoms with Crippen LogP contribution in [-0.4, -0.2) is 25.8 Å². The average Bonchev–Trinajstić information content (AvgIpc) is 2.51. The lowest BCUT2D eigenvalue weighted by Crippen LogP contribution is -2.60. The van der Waals surface area contributed by atoms with Crippen LogP contribution < -0.4 is 16.0 Å². The minimum Gasteiger partial charge on any atom is -0.484 e. The van der Waals surface area contributed by atoms with Gasteiger partial charge in [0.2, 0.25) is 0 Å². The first-order valence-electron chi connectivity index (χ1n) is 7.82. The van der Waals surface area contributed by atoms with Crippen LogP contribution in [0.15, 0.2) is 39.7 Å². The molecule has 2 atom stereocenters. The third kappa shape index (κ3) is 2.67. The van der Waals surface area contributed by atoms with E-state index in [9.17, 15) is 20.0 Å². The predicted octanol–water partition coefficient (Wildman–Crippen LogP) is 2.61. The Morgan fingerprint density at radius 1 is 1.35 bits per heavy atom. The summed E-state index contributed by atoms with van der Waals surface area (Å²) < 4.78 is 7.72. The summed E-state index contributed by atoms with van der Waals surface area (Å²) in [4.78, 5) is 23.3. The van der Waals surface area contributed by atoms with E-state index < -0.39 is 27.7 Å². The molecule has 0 aliphatic carbocycles. The number of aromatic nitrogens is 1. The van der Waals surface area contributed by atoms with Crippen LogP contribution in [0.25, 0.3) is 0 Å². The topological polar surface area (TPSA) is 121 Å². The third-order valence-electron chi connectivity index (χ3n) is 4.93. The van der Waals surface area contributed by atoms with E-state index in [0.717, 1.165) is 0 Å². The van der Waals surface area contributed by atoms with Gasteiger partial charge in [0.25, 0.3) is 11.2 Å². The number of hydrogen-bond donors (Lipinski definition) is 2. The van der Waals surface area contributed by atoms with E-state index in [1.54, 1.807) is 13.8 Å². The highest BCUT2D eigenvalue weighted by Crippen LogP contribution is 2.48. The first kappa shape index (κ1) is 18.4. The van der Waals surface area contributed by atoms with Crippen LogP contribution in [0, 0.1) is 10.1 Å². The zero-order valence-corrected chi connectivity index (χ0v) is 16.0. The van der Waals surface area contributed by atoms with E-state index in [1.165, 1.54) is 42.0 Å². The molecule has 138 valence electrons. The van der Waals surface area contributed by atoms with Gasteiger partial charge in [-0.1, -0.05) is 0 Å². The van der Waals surface area contributed by atoms with Crippen LogP contribution in [0.2, 0.25) is 0 Å². The number of aliphatic hydroxyl groups is 1. The second-order valence-electron chi connectivity index (χ2n) is 6.97. The van der Waals surface area contributed by atoms with Crippen LogP contribution in [-0.2, 0) is 0 Å². The maximum Gasteiger partial charge on any atom is 0.274 e. The van der Waals surface area contributed by atoms with Crippen LogP contribution >= 0.6 is 15.9 Å². The molecule has 2 unspecified atom stereocenters. The zero-order valence-electron chi connectivity index (χ0n) is 14.4. The number of nitrogens with two attached hydrogens (primary N) is 1. The van der Waals surface area contributed by atoms with Gasteiger partial charge < -0.3 is 20.1 Å². The average molecular weight is 424 g/mol. The van der Waals surface area contributed by atoms with Crippen molar-refractivity contribution >= 4 is 27.3 Å². The molecule has 2 heterocycles. The maximum atomic E-state index is 12.7. The van der Waals surface area contributed by atoms with E-state index >= 15 is 0 Å². The highest BCUT2D eigenvalue weighted by molar-refractivity contribution is 9.10. The summed E-state index contributed by atoms with van der Waals surface area (Å²) in [5, 5.41) is 22.5. The molecular formula is C17H18BrN3O5. The number of pyridine rings is 1. The summed E-state index contributed by atoms with van der Waals surface area (Å²) in [6.07, 6.45) is 1.50. The lowest BCUT2D eigenvalue weighted by molar-refractivity contribution is -0.385.